The summed E-state index contributed by atoms with van der Waals surface area (Å²) in [6.45, 7) is 3.78. The lowest BCUT2D eigenvalue weighted by Crippen LogP contribution is -2.33. The number of nitrogens with zero attached hydrogens (tertiary/aromatic N) is 5. The Labute approximate surface area is 181 Å². The van der Waals surface area contributed by atoms with Gasteiger partial charge in [-0.05, 0) is 31.5 Å². The molecule has 3 rings (SSSR count). The molecule has 0 aliphatic carbocycles. The van der Waals surface area contributed by atoms with Crippen LogP contribution in [0, 0.1) is 13.8 Å². The van der Waals surface area contributed by atoms with Crippen LogP contribution >= 0.6 is 34.5 Å². The highest BCUT2D eigenvalue weighted by molar-refractivity contribution is 7.15. The quantitative estimate of drug-likeness (QED) is 0.548. The van der Waals surface area contributed by atoms with Crippen molar-refractivity contribution >= 4 is 45.6 Å². The van der Waals surface area contributed by atoms with Crippen LogP contribution in [0.2, 0.25) is 10.0 Å². The molecule has 11 heteroatoms. The van der Waals surface area contributed by atoms with Gasteiger partial charge in [-0.25, -0.2) is 9.67 Å². The molecule has 2 heterocycles. The van der Waals surface area contributed by atoms with Gasteiger partial charge >= 0.3 is 0 Å². The van der Waals surface area contributed by atoms with Crippen LogP contribution in [0.1, 0.15) is 32.3 Å². The first-order valence-corrected chi connectivity index (χ1v) is 10.1. The monoisotopic (exact) mass is 455 g/mol. The predicted molar refractivity (Wildman–Crippen MR) is 112 cm³/mol. The number of carbonyl (C=O) groups excluding carboxylic acids is 1. The minimum atomic E-state index is -0.386. The zero-order valence-corrected chi connectivity index (χ0v) is 18.3. The van der Waals surface area contributed by atoms with Crippen molar-refractivity contribution in [3.63, 3.8) is 0 Å². The van der Waals surface area contributed by atoms with E-state index < -0.39 is 0 Å². The molecule has 0 aliphatic heterocycles. The molecule has 0 fully saturated rings. The highest BCUT2D eigenvalue weighted by Gasteiger charge is 2.26. The number of halogens is 2. The Morgan fingerprint density at radius 3 is 2.69 bits per heavy atom. The fourth-order valence-corrected chi connectivity index (χ4v) is 3.88. The number of rotatable bonds is 7. The normalized spacial score (nSPS) is 11.1. The molecule has 0 radical (unpaired) electrons. The van der Waals surface area contributed by atoms with Gasteiger partial charge in [0.1, 0.15) is 6.73 Å². The van der Waals surface area contributed by atoms with Crippen LogP contribution in [0.5, 0.6) is 0 Å². The van der Waals surface area contributed by atoms with Crippen LogP contribution in [0.25, 0.3) is 0 Å². The van der Waals surface area contributed by atoms with Gasteiger partial charge in [-0.1, -0.05) is 45.8 Å². The Hall–Kier alpha value is -2.04. The first-order valence-electron chi connectivity index (χ1n) is 8.57. The topological polar surface area (TPSA) is 93.4 Å². The molecule has 2 aromatic heterocycles. The maximum absolute atomic E-state index is 13.1. The molecule has 0 saturated heterocycles. The zero-order valence-electron chi connectivity index (χ0n) is 16.0. The van der Waals surface area contributed by atoms with E-state index in [1.165, 1.54) is 23.3 Å². The largest absolute Gasteiger partial charge is 0.391 e. The van der Waals surface area contributed by atoms with E-state index in [4.69, 9.17) is 27.9 Å². The molecule has 0 bridgehead atoms. The molecule has 8 nitrogen and oxygen atoms in total. The highest BCUT2D eigenvalue weighted by atomic mass is 35.5. The number of hydrogen-bond acceptors (Lipinski definition) is 7. The third-order valence-corrected chi connectivity index (χ3v) is 6.16. The average molecular weight is 456 g/mol. The Kier molecular flexibility index (Phi) is 6.86. The summed E-state index contributed by atoms with van der Waals surface area (Å²) < 4.78 is 6.79. The third kappa shape index (κ3) is 4.59. The van der Waals surface area contributed by atoms with Crippen LogP contribution in [0.4, 0.5) is 5.13 Å². The number of ether oxygens (including phenoxy) is 1. The van der Waals surface area contributed by atoms with Gasteiger partial charge in [0, 0.05) is 7.11 Å². The first-order chi connectivity index (χ1) is 13.8. The smallest absolute Gasteiger partial charge is 0.284 e. The van der Waals surface area contributed by atoms with E-state index in [-0.39, 0.29) is 24.9 Å². The minimum absolute atomic E-state index is 0.00422. The number of aliphatic hydroxyl groups excluding tert-OH is 1. The third-order valence-electron chi connectivity index (χ3n) is 4.26. The van der Waals surface area contributed by atoms with Crippen molar-refractivity contribution in [2.24, 2.45) is 0 Å². The molecule has 29 heavy (non-hydrogen) atoms. The summed E-state index contributed by atoms with van der Waals surface area (Å²) in [5, 5.41) is 18.9. The second-order valence-corrected chi connectivity index (χ2v) is 8.12. The molecular formula is C18H19Cl2N5O3S. The van der Waals surface area contributed by atoms with Gasteiger partial charge in [0.2, 0.25) is 0 Å². The lowest BCUT2D eigenvalue weighted by molar-refractivity contribution is 0.0931. The van der Waals surface area contributed by atoms with E-state index in [9.17, 15) is 9.90 Å². The number of aromatic nitrogens is 4. The SMILES string of the molecule is COCN(C(=O)c1nnn(Cc2ccc(Cl)c(Cl)c2)c1C)c1nc(C)c(CO)s1. The lowest BCUT2D eigenvalue weighted by atomic mass is 10.2. The van der Waals surface area contributed by atoms with E-state index >= 15 is 0 Å². The Morgan fingerprint density at radius 2 is 2.07 bits per heavy atom. The van der Waals surface area contributed by atoms with Gasteiger partial charge in [-0.15, -0.1) is 5.10 Å². The van der Waals surface area contributed by atoms with Crippen LogP contribution < -0.4 is 4.90 Å². The Bertz CT molecular complexity index is 1040. The number of aliphatic hydroxyl groups is 1. The average Bonchev–Trinajstić information content (AvgIpc) is 3.25. The van der Waals surface area contributed by atoms with E-state index in [0.717, 1.165) is 5.56 Å². The summed E-state index contributed by atoms with van der Waals surface area (Å²) in [5.74, 6) is -0.386. The molecule has 0 unspecified atom stereocenters. The second kappa shape index (κ2) is 9.19. The number of thiazole rings is 1. The van der Waals surface area contributed by atoms with Crippen molar-refractivity contribution in [3.8, 4) is 0 Å². The molecule has 1 amide bonds. The summed E-state index contributed by atoms with van der Waals surface area (Å²) in [6.07, 6.45) is 0. The minimum Gasteiger partial charge on any atom is -0.391 e. The number of hydrogen-bond donors (Lipinski definition) is 1. The summed E-state index contributed by atoms with van der Waals surface area (Å²) in [7, 11) is 1.49. The number of amides is 1. The van der Waals surface area contributed by atoms with Crippen molar-refractivity contribution in [3.05, 3.63) is 55.8 Å². The maximum atomic E-state index is 13.1. The van der Waals surface area contributed by atoms with E-state index in [1.54, 1.807) is 30.7 Å². The van der Waals surface area contributed by atoms with Crippen molar-refractivity contribution in [2.45, 2.75) is 27.0 Å². The molecular weight excluding hydrogens is 437 g/mol. The molecule has 0 aliphatic rings. The molecule has 1 aromatic carbocycles. The Morgan fingerprint density at radius 1 is 1.31 bits per heavy atom. The van der Waals surface area contributed by atoms with Crippen LogP contribution in [-0.4, -0.2) is 44.8 Å². The summed E-state index contributed by atoms with van der Waals surface area (Å²) in [6, 6.07) is 5.29. The van der Waals surface area contributed by atoms with Crippen LogP contribution in [0.15, 0.2) is 18.2 Å². The van der Waals surface area contributed by atoms with E-state index in [2.05, 4.69) is 15.3 Å². The van der Waals surface area contributed by atoms with Crippen molar-refractivity contribution in [1.29, 1.82) is 0 Å². The first kappa shape index (κ1) is 21.7. The van der Waals surface area contributed by atoms with E-state index in [0.29, 0.717) is 38.0 Å². The van der Waals surface area contributed by atoms with Gasteiger partial charge in [0.05, 0.1) is 39.5 Å². The Balaban J connectivity index is 1.88. The standard InChI is InChI=1S/C18H19Cl2N5O3S/c1-10-15(8-26)29-18(21-10)24(9-28-3)17(27)16-11(2)25(23-22-16)7-12-4-5-13(19)14(20)6-12/h4-6,26H,7-9H2,1-3H3. The highest BCUT2D eigenvalue weighted by Crippen LogP contribution is 2.28. The lowest BCUT2D eigenvalue weighted by Gasteiger charge is -2.17. The molecule has 0 spiro atoms. The molecule has 3 aromatic rings. The predicted octanol–water partition coefficient (Wildman–Crippen LogP) is 3.45. The maximum Gasteiger partial charge on any atom is 0.284 e. The fourth-order valence-electron chi connectivity index (χ4n) is 2.65. The fraction of sp³-hybridized carbons (Fsp3) is 0.333. The van der Waals surface area contributed by atoms with Gasteiger partial charge in [-0.2, -0.15) is 0 Å². The molecule has 1 N–H and O–H groups in total. The zero-order chi connectivity index (χ0) is 21.1. The van der Waals surface area contributed by atoms with E-state index in [1.807, 2.05) is 6.07 Å². The van der Waals surface area contributed by atoms with Crippen LogP contribution in [-0.2, 0) is 17.9 Å². The second-order valence-electron chi connectivity index (χ2n) is 6.24. The molecule has 154 valence electrons. The number of anilines is 1. The van der Waals surface area contributed by atoms with Crippen molar-refractivity contribution in [2.75, 3.05) is 18.7 Å². The number of carbonyl (C=O) groups is 1. The van der Waals surface area contributed by atoms with Gasteiger partial charge in [0.15, 0.2) is 10.8 Å². The van der Waals surface area contributed by atoms with Gasteiger partial charge in [0.25, 0.3) is 5.91 Å². The van der Waals surface area contributed by atoms with Crippen molar-refractivity contribution < 1.29 is 14.6 Å². The van der Waals surface area contributed by atoms with Crippen LogP contribution in [0.3, 0.4) is 0 Å². The molecule has 0 atom stereocenters. The number of methoxy groups -OCH3 is 1. The molecule has 0 saturated carbocycles. The summed E-state index contributed by atoms with van der Waals surface area (Å²) >= 11 is 13.3. The van der Waals surface area contributed by atoms with Crippen molar-refractivity contribution in [1.82, 2.24) is 20.0 Å². The number of aryl methyl sites for hydroxylation is 1. The summed E-state index contributed by atoms with van der Waals surface area (Å²) in [5.41, 5.74) is 2.34. The number of benzene rings is 1. The van der Waals surface area contributed by atoms with Gasteiger partial charge in [-0.3, -0.25) is 9.69 Å². The summed E-state index contributed by atoms with van der Waals surface area (Å²) in [4.78, 5) is 19.6. The van der Waals surface area contributed by atoms with Gasteiger partial charge < -0.3 is 9.84 Å².